The van der Waals surface area contributed by atoms with Crippen LogP contribution in [-0.4, -0.2) is 13.6 Å². The van der Waals surface area contributed by atoms with Gasteiger partial charge >= 0.3 is 0 Å². The normalized spacial score (nSPS) is 11.2. The fraction of sp³-hybridized carbons (Fsp3) is 0.238. The van der Waals surface area contributed by atoms with E-state index in [9.17, 15) is 0 Å². The third-order valence-electron chi connectivity index (χ3n) is 3.46. The van der Waals surface area contributed by atoms with Crippen molar-refractivity contribution in [3.05, 3.63) is 78.4 Å². The predicted molar refractivity (Wildman–Crippen MR) is 96.3 cm³/mol. The Morgan fingerprint density at radius 2 is 1.83 bits per heavy atom. The third-order valence-corrected chi connectivity index (χ3v) is 3.46. The molecule has 2 rings (SSSR count). The van der Waals surface area contributed by atoms with Crippen LogP contribution in [0.5, 0.6) is 5.75 Å². The molecule has 0 aliphatic heterocycles. The summed E-state index contributed by atoms with van der Waals surface area (Å²) in [5.41, 5.74) is 2.41. The molecule has 0 heterocycles. The molecule has 2 aromatic carbocycles. The van der Waals surface area contributed by atoms with Crippen molar-refractivity contribution in [2.45, 2.75) is 13.0 Å². The highest BCUT2D eigenvalue weighted by Gasteiger charge is 2.03. The minimum absolute atomic E-state index is 0.180. The maximum absolute atomic E-state index is 5.80. The van der Waals surface area contributed by atoms with Gasteiger partial charge in [0, 0.05) is 5.92 Å². The molecule has 0 aliphatic rings. The zero-order valence-electron chi connectivity index (χ0n) is 13.6. The summed E-state index contributed by atoms with van der Waals surface area (Å²) in [5.74, 6) is 7.38. The van der Waals surface area contributed by atoms with Crippen molar-refractivity contribution in [1.29, 1.82) is 0 Å². The summed E-state index contributed by atoms with van der Waals surface area (Å²) in [6.07, 6.45) is 2.78. The Kier molecular flexibility index (Phi) is 6.97. The van der Waals surface area contributed by atoms with Crippen LogP contribution < -0.4 is 10.1 Å². The van der Waals surface area contributed by atoms with Gasteiger partial charge in [-0.25, -0.2) is 0 Å². The number of ether oxygens (including phenoxy) is 1. The van der Waals surface area contributed by atoms with E-state index in [1.165, 1.54) is 11.1 Å². The molecule has 0 radical (unpaired) electrons. The summed E-state index contributed by atoms with van der Waals surface area (Å²) in [5, 5.41) is 3.02. The van der Waals surface area contributed by atoms with E-state index in [0.29, 0.717) is 13.2 Å². The van der Waals surface area contributed by atoms with E-state index in [-0.39, 0.29) is 5.92 Å². The third kappa shape index (κ3) is 6.02. The second-order valence-electron chi connectivity index (χ2n) is 5.32. The molecule has 0 bridgehead atoms. The lowest BCUT2D eigenvalue weighted by Crippen LogP contribution is -2.06. The molecule has 1 unspecified atom stereocenters. The lowest BCUT2D eigenvalue weighted by molar-refractivity contribution is 0.306. The summed E-state index contributed by atoms with van der Waals surface area (Å²) in [4.78, 5) is 0. The first kappa shape index (κ1) is 16.9. The second kappa shape index (κ2) is 9.50. The first-order chi connectivity index (χ1) is 11.3. The van der Waals surface area contributed by atoms with Crippen molar-refractivity contribution in [2.75, 3.05) is 13.6 Å². The van der Waals surface area contributed by atoms with Gasteiger partial charge in [0.2, 0.25) is 0 Å². The van der Waals surface area contributed by atoms with Crippen LogP contribution in [0.15, 0.2) is 67.3 Å². The van der Waals surface area contributed by atoms with Crippen LogP contribution in [0.2, 0.25) is 0 Å². The smallest absolute Gasteiger partial charge is 0.119 e. The van der Waals surface area contributed by atoms with Gasteiger partial charge in [-0.3, -0.25) is 0 Å². The van der Waals surface area contributed by atoms with Gasteiger partial charge in [-0.2, -0.15) is 0 Å². The van der Waals surface area contributed by atoms with Crippen LogP contribution in [0.1, 0.15) is 11.1 Å². The molecule has 2 aromatic rings. The monoisotopic (exact) mass is 305 g/mol. The van der Waals surface area contributed by atoms with Gasteiger partial charge in [0.1, 0.15) is 12.4 Å². The van der Waals surface area contributed by atoms with Gasteiger partial charge in [-0.15, -0.1) is 6.58 Å². The minimum Gasteiger partial charge on any atom is -0.489 e. The number of nitrogens with one attached hydrogen (secondary N) is 1. The minimum atomic E-state index is 0.180. The first-order valence-electron chi connectivity index (χ1n) is 7.83. The topological polar surface area (TPSA) is 21.3 Å². The standard InChI is InChI=1S/C21H23NO/c1-3-18(10-7-15-22-2)16-19-11-13-21(14-12-19)23-17-20-8-5-4-6-9-20/h3-6,8-9,11-14,18,22H,1,15-17H2,2H3. The van der Waals surface area contributed by atoms with Crippen LogP contribution in [0.4, 0.5) is 0 Å². The van der Waals surface area contributed by atoms with E-state index in [1.54, 1.807) is 0 Å². The van der Waals surface area contributed by atoms with E-state index in [1.807, 2.05) is 43.5 Å². The summed E-state index contributed by atoms with van der Waals surface area (Å²) in [6.45, 7) is 5.16. The Morgan fingerprint density at radius 1 is 1.09 bits per heavy atom. The number of allylic oxidation sites excluding steroid dienone is 1. The highest BCUT2D eigenvalue weighted by atomic mass is 16.5. The van der Waals surface area contributed by atoms with E-state index >= 15 is 0 Å². The van der Waals surface area contributed by atoms with Gasteiger partial charge in [0.25, 0.3) is 0 Å². The molecule has 0 saturated carbocycles. The molecule has 23 heavy (non-hydrogen) atoms. The van der Waals surface area contributed by atoms with Crippen molar-refractivity contribution in [3.8, 4) is 17.6 Å². The number of benzene rings is 2. The van der Waals surface area contributed by atoms with Crippen molar-refractivity contribution in [1.82, 2.24) is 5.32 Å². The highest BCUT2D eigenvalue weighted by molar-refractivity contribution is 5.29. The van der Waals surface area contributed by atoms with Crippen LogP contribution >= 0.6 is 0 Å². The van der Waals surface area contributed by atoms with Crippen molar-refractivity contribution < 1.29 is 4.74 Å². The quantitative estimate of drug-likeness (QED) is 0.620. The van der Waals surface area contributed by atoms with E-state index in [4.69, 9.17) is 4.74 Å². The SMILES string of the molecule is C=CC(C#CCNC)Cc1ccc(OCc2ccccc2)cc1. The summed E-state index contributed by atoms with van der Waals surface area (Å²) in [6, 6.07) is 18.4. The predicted octanol–water partition coefficient (Wildman–Crippen LogP) is 3.83. The molecule has 0 fully saturated rings. The van der Waals surface area contributed by atoms with E-state index in [2.05, 4.69) is 48.0 Å². The molecule has 0 amide bonds. The summed E-state index contributed by atoms with van der Waals surface area (Å²) in [7, 11) is 1.89. The maximum Gasteiger partial charge on any atom is 0.119 e. The molecule has 0 aliphatic carbocycles. The zero-order valence-corrected chi connectivity index (χ0v) is 13.6. The Morgan fingerprint density at radius 3 is 2.48 bits per heavy atom. The molecule has 0 spiro atoms. The molecule has 0 saturated heterocycles. The molecule has 118 valence electrons. The van der Waals surface area contributed by atoms with Crippen LogP contribution in [0.25, 0.3) is 0 Å². The van der Waals surface area contributed by atoms with Gasteiger partial charge in [-0.1, -0.05) is 60.4 Å². The molecule has 0 aromatic heterocycles. The first-order valence-corrected chi connectivity index (χ1v) is 7.83. The van der Waals surface area contributed by atoms with Crippen molar-refractivity contribution >= 4 is 0 Å². The lowest BCUT2D eigenvalue weighted by Gasteiger charge is -2.09. The molecular weight excluding hydrogens is 282 g/mol. The number of rotatable bonds is 7. The molecule has 2 heteroatoms. The second-order valence-corrected chi connectivity index (χ2v) is 5.32. The largest absolute Gasteiger partial charge is 0.489 e. The maximum atomic E-state index is 5.80. The molecule has 2 nitrogen and oxygen atoms in total. The van der Waals surface area contributed by atoms with Crippen molar-refractivity contribution in [3.63, 3.8) is 0 Å². The fourth-order valence-corrected chi connectivity index (χ4v) is 2.18. The molecule has 1 N–H and O–H groups in total. The lowest BCUT2D eigenvalue weighted by atomic mass is 10.00. The van der Waals surface area contributed by atoms with Gasteiger partial charge < -0.3 is 10.1 Å². The van der Waals surface area contributed by atoms with E-state index in [0.717, 1.165) is 12.2 Å². The highest BCUT2D eigenvalue weighted by Crippen LogP contribution is 2.16. The van der Waals surface area contributed by atoms with Gasteiger partial charge in [0.15, 0.2) is 0 Å². The van der Waals surface area contributed by atoms with Crippen LogP contribution in [0.3, 0.4) is 0 Å². The average molecular weight is 305 g/mol. The Balaban J connectivity index is 1.89. The zero-order chi connectivity index (χ0) is 16.3. The average Bonchev–Trinajstić information content (AvgIpc) is 2.61. The van der Waals surface area contributed by atoms with Gasteiger partial charge in [-0.05, 0) is 36.7 Å². The van der Waals surface area contributed by atoms with Gasteiger partial charge in [0.05, 0.1) is 6.54 Å². The van der Waals surface area contributed by atoms with Crippen molar-refractivity contribution in [2.24, 2.45) is 5.92 Å². The Hall–Kier alpha value is -2.50. The summed E-state index contributed by atoms with van der Waals surface area (Å²) >= 11 is 0. The van der Waals surface area contributed by atoms with Crippen LogP contribution in [-0.2, 0) is 13.0 Å². The number of hydrogen-bond donors (Lipinski definition) is 1. The Bertz CT molecular complexity index is 650. The molecular formula is C21H23NO. The van der Waals surface area contributed by atoms with E-state index < -0.39 is 0 Å². The summed E-state index contributed by atoms with van der Waals surface area (Å²) < 4.78 is 5.80. The Labute approximate surface area is 139 Å². The van der Waals surface area contributed by atoms with Crippen LogP contribution in [0, 0.1) is 17.8 Å². The molecule has 1 atom stereocenters. The fourth-order valence-electron chi connectivity index (χ4n) is 2.18. The number of hydrogen-bond acceptors (Lipinski definition) is 2.